The molecule has 88 valence electrons. The predicted octanol–water partition coefficient (Wildman–Crippen LogP) is 2.70. The van der Waals surface area contributed by atoms with E-state index in [0.29, 0.717) is 11.3 Å². The van der Waals surface area contributed by atoms with Crippen molar-refractivity contribution in [3.05, 3.63) is 29.8 Å². The van der Waals surface area contributed by atoms with Crippen LogP contribution in [-0.2, 0) is 4.79 Å². The summed E-state index contributed by atoms with van der Waals surface area (Å²) < 4.78 is 5.43. The van der Waals surface area contributed by atoms with E-state index in [1.807, 2.05) is 0 Å². The molecule has 0 spiro atoms. The molecule has 2 rings (SSSR count). The number of carbonyl (C=O) groups excluding carboxylic acids is 1. The molecule has 1 aromatic rings. The molecule has 0 bridgehead atoms. The Balaban J connectivity index is 1.93. The van der Waals surface area contributed by atoms with Gasteiger partial charge in [0.15, 0.2) is 5.78 Å². The molecule has 1 aliphatic rings. The van der Waals surface area contributed by atoms with Crippen LogP contribution in [0.2, 0.25) is 0 Å². The molecule has 0 unspecified atom stereocenters. The summed E-state index contributed by atoms with van der Waals surface area (Å²) in [6.07, 6.45) is 4.26. The van der Waals surface area contributed by atoms with E-state index in [9.17, 15) is 4.79 Å². The first-order chi connectivity index (χ1) is 8.31. The first-order valence-corrected chi connectivity index (χ1v) is 5.96. The smallest absolute Gasteiger partial charge is 0.173 e. The number of Topliss-reactive ketones (excluding diaryl/α,β-unsaturated/α-hetero) is 1. The molecule has 17 heavy (non-hydrogen) atoms. The van der Waals surface area contributed by atoms with Crippen LogP contribution in [0.5, 0.6) is 5.75 Å². The standard InChI is InChI=1S/C14H15NO2/c15-9-12-7-3-4-8-14(12)17-10-13(16)11-5-1-2-6-11/h3-4,7-8,11H,1-2,5-6,10H2. The molecule has 3 heteroatoms. The summed E-state index contributed by atoms with van der Waals surface area (Å²) in [6, 6.07) is 9.05. The molecule has 0 radical (unpaired) electrons. The fourth-order valence-corrected chi connectivity index (χ4v) is 2.20. The summed E-state index contributed by atoms with van der Waals surface area (Å²) in [5, 5.41) is 8.88. The molecule has 0 heterocycles. The Morgan fingerprint density at radius 1 is 1.35 bits per heavy atom. The van der Waals surface area contributed by atoms with Crippen molar-refractivity contribution in [3.63, 3.8) is 0 Å². The zero-order chi connectivity index (χ0) is 12.1. The van der Waals surface area contributed by atoms with E-state index in [2.05, 4.69) is 6.07 Å². The van der Waals surface area contributed by atoms with Crippen molar-refractivity contribution in [2.75, 3.05) is 6.61 Å². The van der Waals surface area contributed by atoms with E-state index < -0.39 is 0 Å². The molecule has 0 aromatic heterocycles. The number of nitriles is 1. The molecular formula is C14H15NO2. The van der Waals surface area contributed by atoms with Gasteiger partial charge in [-0.2, -0.15) is 5.26 Å². The average Bonchev–Trinajstić information content (AvgIpc) is 2.90. The number of benzene rings is 1. The van der Waals surface area contributed by atoms with Crippen LogP contribution >= 0.6 is 0 Å². The van der Waals surface area contributed by atoms with Gasteiger partial charge in [0, 0.05) is 5.92 Å². The minimum absolute atomic E-state index is 0.0867. The molecule has 0 saturated heterocycles. The average molecular weight is 229 g/mol. The Labute approximate surface area is 101 Å². The molecule has 0 aliphatic heterocycles. The van der Waals surface area contributed by atoms with Gasteiger partial charge >= 0.3 is 0 Å². The third-order valence-electron chi connectivity index (χ3n) is 3.19. The van der Waals surface area contributed by atoms with E-state index in [0.717, 1.165) is 25.7 Å². The maximum atomic E-state index is 11.8. The summed E-state index contributed by atoms with van der Waals surface area (Å²) in [5.74, 6) is 0.834. The Hall–Kier alpha value is -1.82. The van der Waals surface area contributed by atoms with Gasteiger partial charge in [-0.3, -0.25) is 4.79 Å². The summed E-state index contributed by atoms with van der Waals surface area (Å²) in [4.78, 5) is 11.8. The van der Waals surface area contributed by atoms with E-state index in [1.165, 1.54) is 0 Å². The number of para-hydroxylation sites is 1. The molecule has 3 nitrogen and oxygen atoms in total. The lowest BCUT2D eigenvalue weighted by Gasteiger charge is -2.10. The number of hydrogen-bond donors (Lipinski definition) is 0. The number of hydrogen-bond acceptors (Lipinski definition) is 3. The number of rotatable bonds is 4. The van der Waals surface area contributed by atoms with Crippen LogP contribution in [0, 0.1) is 17.2 Å². The zero-order valence-electron chi connectivity index (χ0n) is 9.69. The number of carbonyl (C=O) groups is 1. The molecule has 0 atom stereocenters. The first kappa shape index (κ1) is 11.7. The van der Waals surface area contributed by atoms with Crippen molar-refractivity contribution in [2.45, 2.75) is 25.7 Å². The zero-order valence-corrected chi connectivity index (χ0v) is 9.69. The van der Waals surface area contributed by atoms with Crippen LogP contribution < -0.4 is 4.74 Å². The van der Waals surface area contributed by atoms with Gasteiger partial charge in [-0.1, -0.05) is 25.0 Å². The van der Waals surface area contributed by atoms with Gasteiger partial charge in [-0.15, -0.1) is 0 Å². The van der Waals surface area contributed by atoms with Gasteiger partial charge in [0.05, 0.1) is 5.56 Å². The Morgan fingerprint density at radius 3 is 2.76 bits per heavy atom. The van der Waals surface area contributed by atoms with Crippen LogP contribution in [0.4, 0.5) is 0 Å². The molecule has 1 saturated carbocycles. The molecule has 1 aromatic carbocycles. The van der Waals surface area contributed by atoms with Gasteiger partial charge in [-0.25, -0.2) is 0 Å². The van der Waals surface area contributed by atoms with Crippen LogP contribution in [0.1, 0.15) is 31.2 Å². The molecule has 0 amide bonds. The van der Waals surface area contributed by atoms with Crippen molar-refractivity contribution in [3.8, 4) is 11.8 Å². The van der Waals surface area contributed by atoms with Gasteiger partial charge in [-0.05, 0) is 25.0 Å². The second kappa shape index (κ2) is 5.49. The molecule has 1 aliphatic carbocycles. The van der Waals surface area contributed by atoms with Crippen molar-refractivity contribution < 1.29 is 9.53 Å². The minimum atomic E-state index is 0.0867. The second-order valence-electron chi connectivity index (χ2n) is 4.34. The monoisotopic (exact) mass is 229 g/mol. The van der Waals surface area contributed by atoms with Crippen molar-refractivity contribution >= 4 is 5.78 Å². The lowest BCUT2D eigenvalue weighted by molar-refractivity contribution is -0.124. The predicted molar refractivity (Wildman–Crippen MR) is 63.6 cm³/mol. The van der Waals surface area contributed by atoms with Gasteiger partial charge in [0.25, 0.3) is 0 Å². The fraction of sp³-hybridized carbons (Fsp3) is 0.429. The first-order valence-electron chi connectivity index (χ1n) is 5.96. The number of ether oxygens (including phenoxy) is 1. The highest BCUT2D eigenvalue weighted by atomic mass is 16.5. The Kier molecular flexibility index (Phi) is 3.77. The number of ketones is 1. The highest BCUT2D eigenvalue weighted by Gasteiger charge is 2.22. The topological polar surface area (TPSA) is 50.1 Å². The van der Waals surface area contributed by atoms with E-state index in [1.54, 1.807) is 24.3 Å². The maximum Gasteiger partial charge on any atom is 0.173 e. The normalized spacial score (nSPS) is 15.5. The van der Waals surface area contributed by atoms with E-state index in [4.69, 9.17) is 10.00 Å². The van der Waals surface area contributed by atoms with Crippen molar-refractivity contribution in [1.82, 2.24) is 0 Å². The van der Waals surface area contributed by atoms with Gasteiger partial charge in [0.2, 0.25) is 0 Å². The Morgan fingerprint density at radius 2 is 2.06 bits per heavy atom. The highest BCUT2D eigenvalue weighted by Crippen LogP contribution is 2.26. The summed E-state index contributed by atoms with van der Waals surface area (Å²) in [7, 11) is 0. The molecule has 1 fully saturated rings. The van der Waals surface area contributed by atoms with Crippen LogP contribution in [-0.4, -0.2) is 12.4 Å². The lowest BCUT2D eigenvalue weighted by Crippen LogP contribution is -2.19. The Bertz CT molecular complexity index is 442. The van der Waals surface area contributed by atoms with E-state index >= 15 is 0 Å². The van der Waals surface area contributed by atoms with Gasteiger partial charge < -0.3 is 4.74 Å². The molecular weight excluding hydrogens is 214 g/mol. The maximum absolute atomic E-state index is 11.8. The van der Waals surface area contributed by atoms with Crippen LogP contribution in [0.3, 0.4) is 0 Å². The summed E-state index contributed by atoms with van der Waals surface area (Å²) in [6.45, 7) is 0.0867. The van der Waals surface area contributed by atoms with Crippen molar-refractivity contribution in [2.24, 2.45) is 5.92 Å². The largest absolute Gasteiger partial charge is 0.484 e. The summed E-state index contributed by atoms with van der Waals surface area (Å²) in [5.41, 5.74) is 0.478. The van der Waals surface area contributed by atoms with Gasteiger partial charge in [0.1, 0.15) is 18.4 Å². The molecule has 0 N–H and O–H groups in total. The number of nitrogens with zero attached hydrogens (tertiary/aromatic N) is 1. The minimum Gasteiger partial charge on any atom is -0.484 e. The van der Waals surface area contributed by atoms with Crippen molar-refractivity contribution in [1.29, 1.82) is 5.26 Å². The third kappa shape index (κ3) is 2.85. The summed E-state index contributed by atoms with van der Waals surface area (Å²) >= 11 is 0. The highest BCUT2D eigenvalue weighted by molar-refractivity contribution is 5.82. The van der Waals surface area contributed by atoms with E-state index in [-0.39, 0.29) is 18.3 Å². The second-order valence-corrected chi connectivity index (χ2v) is 4.34. The fourth-order valence-electron chi connectivity index (χ4n) is 2.20. The quantitative estimate of drug-likeness (QED) is 0.797. The third-order valence-corrected chi connectivity index (χ3v) is 3.19. The SMILES string of the molecule is N#Cc1ccccc1OCC(=O)C1CCCC1. The lowest BCUT2D eigenvalue weighted by atomic mass is 10.0. The van der Waals surface area contributed by atoms with Crippen LogP contribution in [0.25, 0.3) is 0 Å². The van der Waals surface area contributed by atoms with Crippen LogP contribution in [0.15, 0.2) is 24.3 Å².